The van der Waals surface area contributed by atoms with Gasteiger partial charge in [-0.2, -0.15) is 0 Å². The minimum atomic E-state index is 0.858. The zero-order valence-electron chi connectivity index (χ0n) is 29.8. The molecule has 9 aromatic carbocycles. The molecule has 258 valence electrons. The maximum Gasteiger partial charge on any atom is 0.143 e. The van der Waals surface area contributed by atoms with Crippen LogP contribution in [0.25, 0.3) is 88.0 Å². The minimum absolute atomic E-state index is 0.858. The zero-order chi connectivity index (χ0) is 36.3. The fourth-order valence-electron chi connectivity index (χ4n) is 8.27. The topological polar surface area (TPSA) is 29.5 Å². The Balaban J connectivity index is 1.07. The lowest BCUT2D eigenvalue weighted by Crippen LogP contribution is -2.10. The average Bonchev–Trinajstić information content (AvgIpc) is 3.84. The Bertz CT molecular complexity index is 3190. The van der Waals surface area contributed by atoms with E-state index in [1.165, 1.54) is 22.1 Å². The molecule has 0 spiro atoms. The van der Waals surface area contributed by atoms with Crippen LogP contribution < -0.4 is 4.90 Å². The van der Waals surface area contributed by atoms with Crippen LogP contribution >= 0.6 is 0 Å². The molecule has 0 aliphatic heterocycles. The van der Waals surface area contributed by atoms with Crippen molar-refractivity contribution >= 4 is 71.7 Å². The standard InChI is InChI=1S/C52H33NO2/c1-2-11-34(12-3-1)35-23-25-36(26-24-35)37-27-30-40(31-28-37)53(46-19-10-22-49-51(46)44-17-6-7-20-47(44)54-49)41-15-8-14-39(33-41)42-18-9-21-48-50(42)45-32-29-38-13-4-5-16-43(38)52(45)55-48/h1-33H. The molecule has 0 radical (unpaired) electrons. The molecule has 11 rings (SSSR count). The molecule has 0 amide bonds. The summed E-state index contributed by atoms with van der Waals surface area (Å²) < 4.78 is 13.0. The van der Waals surface area contributed by atoms with Gasteiger partial charge in [-0.3, -0.25) is 0 Å². The highest BCUT2D eigenvalue weighted by molar-refractivity contribution is 6.19. The van der Waals surface area contributed by atoms with Crippen molar-refractivity contribution in [2.75, 3.05) is 4.90 Å². The number of anilines is 3. The van der Waals surface area contributed by atoms with Gasteiger partial charge in [0.15, 0.2) is 0 Å². The Morgan fingerprint density at radius 3 is 1.73 bits per heavy atom. The average molecular weight is 704 g/mol. The van der Waals surface area contributed by atoms with Crippen LogP contribution in [0.3, 0.4) is 0 Å². The van der Waals surface area contributed by atoms with Gasteiger partial charge in [0.05, 0.1) is 11.1 Å². The van der Waals surface area contributed by atoms with Crippen LogP contribution in [0.15, 0.2) is 209 Å². The van der Waals surface area contributed by atoms with E-state index in [-0.39, 0.29) is 0 Å². The van der Waals surface area contributed by atoms with Gasteiger partial charge >= 0.3 is 0 Å². The van der Waals surface area contributed by atoms with Gasteiger partial charge in [0.2, 0.25) is 0 Å². The second-order valence-corrected chi connectivity index (χ2v) is 14.1. The first-order valence-electron chi connectivity index (χ1n) is 18.7. The molecular formula is C52H33NO2. The van der Waals surface area contributed by atoms with E-state index in [0.717, 1.165) is 83.0 Å². The fourth-order valence-corrected chi connectivity index (χ4v) is 8.27. The molecule has 0 atom stereocenters. The predicted octanol–water partition coefficient (Wildman–Crippen LogP) is 15.1. The van der Waals surface area contributed by atoms with E-state index in [2.05, 4.69) is 193 Å². The zero-order valence-corrected chi connectivity index (χ0v) is 29.8. The van der Waals surface area contributed by atoms with Crippen LogP contribution in [0.5, 0.6) is 0 Å². The molecule has 0 unspecified atom stereocenters. The van der Waals surface area contributed by atoms with Crippen LogP contribution in [0.2, 0.25) is 0 Å². The summed E-state index contributed by atoms with van der Waals surface area (Å²) >= 11 is 0. The molecule has 0 bridgehead atoms. The SMILES string of the molecule is c1ccc(-c2ccc(-c3ccc(N(c4cccc(-c5cccc6oc7c8ccccc8ccc7c56)c4)c4cccc5oc6ccccc6c45)cc3)cc2)cc1. The van der Waals surface area contributed by atoms with E-state index in [9.17, 15) is 0 Å². The van der Waals surface area contributed by atoms with Crippen molar-refractivity contribution in [3.63, 3.8) is 0 Å². The molecule has 0 aliphatic carbocycles. The van der Waals surface area contributed by atoms with Crippen LogP contribution in [-0.2, 0) is 0 Å². The number of hydrogen-bond acceptors (Lipinski definition) is 3. The van der Waals surface area contributed by atoms with Crippen molar-refractivity contribution in [1.29, 1.82) is 0 Å². The van der Waals surface area contributed by atoms with Gasteiger partial charge < -0.3 is 13.7 Å². The molecule has 0 N–H and O–H groups in total. The number of hydrogen-bond donors (Lipinski definition) is 0. The first kappa shape index (κ1) is 31.2. The predicted molar refractivity (Wildman–Crippen MR) is 229 cm³/mol. The highest BCUT2D eigenvalue weighted by Gasteiger charge is 2.21. The monoisotopic (exact) mass is 703 g/mol. The molecular weight excluding hydrogens is 671 g/mol. The van der Waals surface area contributed by atoms with E-state index < -0.39 is 0 Å². The quantitative estimate of drug-likeness (QED) is 0.173. The highest BCUT2D eigenvalue weighted by atomic mass is 16.3. The lowest BCUT2D eigenvalue weighted by Gasteiger charge is -2.27. The Morgan fingerprint density at radius 1 is 0.327 bits per heavy atom. The summed E-state index contributed by atoms with van der Waals surface area (Å²) in [6.07, 6.45) is 0. The molecule has 0 aliphatic rings. The van der Waals surface area contributed by atoms with Gasteiger partial charge in [0.1, 0.15) is 22.3 Å². The summed E-state index contributed by atoms with van der Waals surface area (Å²) in [5.74, 6) is 0. The van der Waals surface area contributed by atoms with E-state index in [1.54, 1.807) is 0 Å². The van der Waals surface area contributed by atoms with Gasteiger partial charge in [0.25, 0.3) is 0 Å². The third-order valence-corrected chi connectivity index (χ3v) is 10.9. The Morgan fingerprint density at radius 2 is 0.927 bits per heavy atom. The third kappa shape index (κ3) is 5.20. The first-order chi connectivity index (χ1) is 27.3. The summed E-state index contributed by atoms with van der Waals surface area (Å²) in [6, 6.07) is 70.9. The number of fused-ring (bicyclic) bond motifs is 8. The number of nitrogens with zero attached hydrogens (tertiary/aromatic N) is 1. The summed E-state index contributed by atoms with van der Waals surface area (Å²) in [6.45, 7) is 0. The number of benzene rings is 9. The third-order valence-electron chi connectivity index (χ3n) is 10.9. The maximum absolute atomic E-state index is 6.58. The van der Waals surface area contributed by atoms with Crippen molar-refractivity contribution in [2.24, 2.45) is 0 Å². The van der Waals surface area contributed by atoms with Crippen LogP contribution in [0.4, 0.5) is 17.1 Å². The van der Waals surface area contributed by atoms with Crippen LogP contribution in [-0.4, -0.2) is 0 Å². The summed E-state index contributed by atoms with van der Waals surface area (Å²) in [4.78, 5) is 2.36. The largest absolute Gasteiger partial charge is 0.456 e. The summed E-state index contributed by atoms with van der Waals surface area (Å²) in [5.41, 5.74) is 13.7. The van der Waals surface area contributed by atoms with Crippen molar-refractivity contribution in [3.05, 3.63) is 200 Å². The van der Waals surface area contributed by atoms with Gasteiger partial charge in [-0.1, -0.05) is 146 Å². The Kier molecular flexibility index (Phi) is 7.17. The lowest BCUT2D eigenvalue weighted by atomic mass is 9.97. The molecule has 0 saturated carbocycles. The molecule has 11 aromatic rings. The van der Waals surface area contributed by atoms with Crippen molar-refractivity contribution < 1.29 is 8.83 Å². The lowest BCUT2D eigenvalue weighted by molar-refractivity contribution is 0.669. The Hall–Kier alpha value is -7.36. The van der Waals surface area contributed by atoms with Gasteiger partial charge in [-0.05, 0) is 93.4 Å². The normalized spacial score (nSPS) is 11.6. The van der Waals surface area contributed by atoms with Crippen molar-refractivity contribution in [3.8, 4) is 33.4 Å². The van der Waals surface area contributed by atoms with E-state index in [1.807, 2.05) is 12.1 Å². The molecule has 3 heteroatoms. The molecule has 2 heterocycles. The van der Waals surface area contributed by atoms with E-state index >= 15 is 0 Å². The first-order valence-corrected chi connectivity index (χ1v) is 18.7. The number of furan rings is 2. The molecule has 2 aromatic heterocycles. The van der Waals surface area contributed by atoms with Gasteiger partial charge in [-0.15, -0.1) is 0 Å². The van der Waals surface area contributed by atoms with Crippen molar-refractivity contribution in [1.82, 2.24) is 0 Å². The second kappa shape index (κ2) is 12.6. The summed E-state index contributed by atoms with van der Waals surface area (Å²) in [7, 11) is 0. The van der Waals surface area contributed by atoms with E-state index in [0.29, 0.717) is 0 Å². The van der Waals surface area contributed by atoms with Gasteiger partial charge in [-0.25, -0.2) is 0 Å². The fraction of sp³-hybridized carbons (Fsp3) is 0. The van der Waals surface area contributed by atoms with E-state index in [4.69, 9.17) is 8.83 Å². The van der Waals surface area contributed by atoms with Crippen LogP contribution in [0.1, 0.15) is 0 Å². The summed E-state index contributed by atoms with van der Waals surface area (Å²) in [5, 5.41) is 6.71. The highest BCUT2D eigenvalue weighted by Crippen LogP contribution is 2.45. The maximum atomic E-state index is 6.58. The van der Waals surface area contributed by atoms with Gasteiger partial charge in [0, 0.05) is 32.9 Å². The molecule has 0 saturated heterocycles. The smallest absolute Gasteiger partial charge is 0.143 e. The van der Waals surface area contributed by atoms with Crippen molar-refractivity contribution in [2.45, 2.75) is 0 Å². The minimum Gasteiger partial charge on any atom is -0.456 e. The number of para-hydroxylation sites is 1. The Labute approximate surface area is 317 Å². The van der Waals surface area contributed by atoms with Crippen LogP contribution in [0, 0.1) is 0 Å². The number of rotatable bonds is 6. The second-order valence-electron chi connectivity index (χ2n) is 14.1. The molecule has 55 heavy (non-hydrogen) atoms. The molecule has 0 fully saturated rings. The molecule has 3 nitrogen and oxygen atoms in total.